The van der Waals surface area contributed by atoms with Gasteiger partial charge >= 0.3 is 0 Å². The Labute approximate surface area is 125 Å². The first-order valence-electron chi connectivity index (χ1n) is 6.62. The molecule has 6 heteroatoms. The van der Waals surface area contributed by atoms with Crippen LogP contribution < -0.4 is 15.8 Å². The normalized spacial score (nSPS) is 11.1. The average molecular weight is 305 g/mol. The molecule has 0 saturated carbocycles. The maximum absolute atomic E-state index is 11.1. The summed E-state index contributed by atoms with van der Waals surface area (Å²) in [6.07, 6.45) is 0. The van der Waals surface area contributed by atoms with E-state index in [-0.39, 0.29) is 4.90 Å². The van der Waals surface area contributed by atoms with E-state index >= 15 is 0 Å². The summed E-state index contributed by atoms with van der Waals surface area (Å²) in [4.78, 5) is 0.117. The molecule has 0 atom stereocenters. The van der Waals surface area contributed by atoms with Gasteiger partial charge in [0.1, 0.15) is 0 Å². The largest absolute Gasteiger partial charge is 0.383 e. The van der Waals surface area contributed by atoms with Crippen LogP contribution in [0.25, 0.3) is 0 Å². The molecule has 0 unspecified atom stereocenters. The average Bonchev–Trinajstić information content (AvgIpc) is 2.45. The number of hydrogen-bond acceptors (Lipinski definition) is 4. The smallest absolute Gasteiger partial charge is 0.238 e. The van der Waals surface area contributed by atoms with E-state index in [1.54, 1.807) is 12.1 Å². The van der Waals surface area contributed by atoms with Gasteiger partial charge in [0.05, 0.1) is 4.90 Å². The van der Waals surface area contributed by atoms with Crippen molar-refractivity contribution >= 4 is 21.4 Å². The number of aryl methyl sites for hydroxylation is 1. The molecule has 112 valence electrons. The summed E-state index contributed by atoms with van der Waals surface area (Å²) >= 11 is 0. The highest BCUT2D eigenvalue weighted by atomic mass is 32.2. The lowest BCUT2D eigenvalue weighted by Gasteiger charge is -2.09. The number of nitrogens with one attached hydrogen (secondary N) is 2. The van der Waals surface area contributed by atoms with E-state index in [9.17, 15) is 8.42 Å². The van der Waals surface area contributed by atoms with Crippen LogP contribution in [-0.4, -0.2) is 21.5 Å². The second-order valence-electron chi connectivity index (χ2n) is 4.79. The summed E-state index contributed by atoms with van der Waals surface area (Å²) in [5.41, 5.74) is 3.16. The summed E-state index contributed by atoms with van der Waals surface area (Å²) in [6.45, 7) is 3.54. The molecule has 21 heavy (non-hydrogen) atoms. The molecule has 0 aliphatic heterocycles. The van der Waals surface area contributed by atoms with E-state index in [4.69, 9.17) is 5.14 Å². The molecule has 4 N–H and O–H groups in total. The van der Waals surface area contributed by atoms with Crippen LogP contribution in [0.15, 0.2) is 53.4 Å². The molecule has 0 radical (unpaired) electrons. The minimum absolute atomic E-state index is 0.117. The molecule has 0 aliphatic rings. The van der Waals surface area contributed by atoms with Gasteiger partial charge in [-0.05, 0) is 43.3 Å². The van der Waals surface area contributed by atoms with Gasteiger partial charge in [-0.1, -0.05) is 17.7 Å². The van der Waals surface area contributed by atoms with Crippen molar-refractivity contribution in [3.63, 3.8) is 0 Å². The topological polar surface area (TPSA) is 84.2 Å². The van der Waals surface area contributed by atoms with Gasteiger partial charge < -0.3 is 10.6 Å². The molecule has 5 nitrogen and oxygen atoms in total. The minimum atomic E-state index is -3.62. The van der Waals surface area contributed by atoms with Crippen LogP contribution in [-0.2, 0) is 10.0 Å². The van der Waals surface area contributed by atoms with Crippen molar-refractivity contribution in [2.24, 2.45) is 5.14 Å². The molecule has 2 aromatic carbocycles. The quantitative estimate of drug-likeness (QED) is 0.714. The molecule has 0 bridgehead atoms. The maximum Gasteiger partial charge on any atom is 0.238 e. The summed E-state index contributed by atoms with van der Waals surface area (Å²) in [5.74, 6) is 0. The highest BCUT2D eigenvalue weighted by molar-refractivity contribution is 7.89. The van der Waals surface area contributed by atoms with Gasteiger partial charge in [-0.25, -0.2) is 13.6 Å². The fourth-order valence-electron chi connectivity index (χ4n) is 1.85. The number of anilines is 2. The number of benzene rings is 2. The number of sulfonamides is 1. The molecule has 2 rings (SSSR count). The van der Waals surface area contributed by atoms with E-state index in [0.29, 0.717) is 0 Å². The van der Waals surface area contributed by atoms with Gasteiger partial charge in [-0.2, -0.15) is 0 Å². The Hall–Kier alpha value is -2.05. The van der Waals surface area contributed by atoms with Crippen LogP contribution in [0.1, 0.15) is 5.56 Å². The van der Waals surface area contributed by atoms with Crippen LogP contribution in [0.3, 0.4) is 0 Å². The highest BCUT2D eigenvalue weighted by Crippen LogP contribution is 2.12. The lowest BCUT2D eigenvalue weighted by atomic mass is 10.2. The van der Waals surface area contributed by atoms with E-state index in [1.807, 2.05) is 12.1 Å². The van der Waals surface area contributed by atoms with Crippen molar-refractivity contribution in [2.45, 2.75) is 11.8 Å². The molecular formula is C15H19N3O2S. The minimum Gasteiger partial charge on any atom is -0.383 e. The number of rotatable bonds is 6. The van der Waals surface area contributed by atoms with Gasteiger partial charge in [0.25, 0.3) is 0 Å². The van der Waals surface area contributed by atoms with E-state index < -0.39 is 10.0 Å². The molecule has 0 spiro atoms. The van der Waals surface area contributed by atoms with E-state index in [2.05, 4.69) is 29.7 Å². The van der Waals surface area contributed by atoms with Crippen LogP contribution >= 0.6 is 0 Å². The Balaban J connectivity index is 1.80. The molecule has 0 aliphatic carbocycles. The van der Waals surface area contributed by atoms with Crippen LogP contribution in [0.4, 0.5) is 11.4 Å². The summed E-state index contributed by atoms with van der Waals surface area (Å²) < 4.78 is 22.3. The highest BCUT2D eigenvalue weighted by Gasteiger charge is 2.06. The van der Waals surface area contributed by atoms with Crippen LogP contribution in [0.5, 0.6) is 0 Å². The third-order valence-electron chi connectivity index (χ3n) is 3.02. The first-order chi connectivity index (χ1) is 9.95. The Morgan fingerprint density at radius 2 is 1.29 bits per heavy atom. The molecule has 0 amide bonds. The third kappa shape index (κ3) is 4.77. The lowest BCUT2D eigenvalue weighted by molar-refractivity contribution is 0.598. The molecule has 0 aromatic heterocycles. The summed E-state index contributed by atoms with van der Waals surface area (Å²) in [6, 6.07) is 14.6. The zero-order valence-electron chi connectivity index (χ0n) is 11.8. The standard InChI is InChI=1S/C15H19N3O2S/c1-12-2-4-13(5-3-12)17-10-11-18-14-6-8-15(9-7-14)21(16,19)20/h2-9,17-18H,10-11H2,1H3,(H2,16,19,20). The number of nitrogens with two attached hydrogens (primary N) is 1. The number of primary sulfonamides is 1. The Morgan fingerprint density at radius 3 is 1.71 bits per heavy atom. The predicted molar refractivity (Wildman–Crippen MR) is 86.0 cm³/mol. The lowest BCUT2D eigenvalue weighted by Crippen LogP contribution is -2.14. The Morgan fingerprint density at radius 1 is 0.857 bits per heavy atom. The fourth-order valence-corrected chi connectivity index (χ4v) is 2.36. The summed E-state index contributed by atoms with van der Waals surface area (Å²) in [5, 5.41) is 11.6. The Bertz CT molecular complexity index is 680. The van der Waals surface area contributed by atoms with Gasteiger partial charge in [0, 0.05) is 24.5 Å². The predicted octanol–water partition coefficient (Wildman–Crippen LogP) is 2.17. The monoisotopic (exact) mass is 305 g/mol. The first kappa shape index (κ1) is 15.3. The van der Waals surface area contributed by atoms with Crippen LogP contribution in [0.2, 0.25) is 0 Å². The van der Waals surface area contributed by atoms with Crippen molar-refractivity contribution in [1.29, 1.82) is 0 Å². The molecular weight excluding hydrogens is 286 g/mol. The zero-order valence-corrected chi connectivity index (χ0v) is 12.7. The second kappa shape index (κ2) is 6.60. The molecule has 0 saturated heterocycles. The number of hydrogen-bond donors (Lipinski definition) is 3. The summed E-state index contributed by atoms with van der Waals surface area (Å²) in [7, 11) is -3.62. The van der Waals surface area contributed by atoms with Crippen LogP contribution in [0, 0.1) is 6.92 Å². The van der Waals surface area contributed by atoms with Gasteiger partial charge in [0.15, 0.2) is 0 Å². The SMILES string of the molecule is Cc1ccc(NCCNc2ccc(S(N)(=O)=O)cc2)cc1. The third-order valence-corrected chi connectivity index (χ3v) is 3.95. The molecule has 0 heterocycles. The molecule has 2 aromatic rings. The van der Waals surface area contributed by atoms with Gasteiger partial charge in [0.2, 0.25) is 10.0 Å². The second-order valence-corrected chi connectivity index (χ2v) is 6.35. The fraction of sp³-hybridized carbons (Fsp3) is 0.200. The molecule has 0 fully saturated rings. The van der Waals surface area contributed by atoms with Crippen molar-refractivity contribution in [1.82, 2.24) is 0 Å². The first-order valence-corrected chi connectivity index (χ1v) is 8.17. The van der Waals surface area contributed by atoms with Gasteiger partial charge in [-0.3, -0.25) is 0 Å². The van der Waals surface area contributed by atoms with Gasteiger partial charge in [-0.15, -0.1) is 0 Å². The van der Waals surface area contributed by atoms with Crippen molar-refractivity contribution in [3.8, 4) is 0 Å². The van der Waals surface area contributed by atoms with Crippen molar-refractivity contribution in [3.05, 3.63) is 54.1 Å². The van der Waals surface area contributed by atoms with Crippen molar-refractivity contribution in [2.75, 3.05) is 23.7 Å². The zero-order chi connectivity index (χ0) is 15.3. The van der Waals surface area contributed by atoms with E-state index in [0.717, 1.165) is 24.5 Å². The Kier molecular flexibility index (Phi) is 4.82. The van der Waals surface area contributed by atoms with Crippen molar-refractivity contribution < 1.29 is 8.42 Å². The maximum atomic E-state index is 11.1. The van der Waals surface area contributed by atoms with E-state index in [1.165, 1.54) is 17.7 Å².